The SMILES string of the molecule is COc1ccc(OC)c(/C=C2\N=C(CCc3cccc(Cl)c3)NC2=O)c1. The van der Waals surface area contributed by atoms with Crippen LogP contribution < -0.4 is 14.8 Å². The van der Waals surface area contributed by atoms with Crippen molar-refractivity contribution in [2.45, 2.75) is 12.8 Å². The third kappa shape index (κ3) is 4.24. The molecule has 0 atom stereocenters. The van der Waals surface area contributed by atoms with E-state index in [-0.39, 0.29) is 5.91 Å². The van der Waals surface area contributed by atoms with Crippen LogP contribution in [-0.4, -0.2) is 26.0 Å². The van der Waals surface area contributed by atoms with Crippen molar-refractivity contribution in [3.8, 4) is 11.5 Å². The average Bonchev–Trinajstić information content (AvgIpc) is 2.99. The molecule has 3 rings (SSSR count). The minimum Gasteiger partial charge on any atom is -0.497 e. The molecular weight excluding hydrogens is 352 g/mol. The van der Waals surface area contributed by atoms with Gasteiger partial charge in [0.1, 0.15) is 23.0 Å². The summed E-state index contributed by atoms with van der Waals surface area (Å²) in [5.41, 5.74) is 2.18. The van der Waals surface area contributed by atoms with E-state index in [1.807, 2.05) is 24.3 Å². The zero-order valence-electron chi connectivity index (χ0n) is 14.6. The monoisotopic (exact) mass is 370 g/mol. The van der Waals surface area contributed by atoms with Crippen LogP contribution in [-0.2, 0) is 11.2 Å². The zero-order chi connectivity index (χ0) is 18.5. The van der Waals surface area contributed by atoms with Crippen LogP contribution in [0.15, 0.2) is 53.2 Å². The van der Waals surface area contributed by atoms with Gasteiger partial charge in [-0.2, -0.15) is 0 Å². The van der Waals surface area contributed by atoms with Gasteiger partial charge >= 0.3 is 0 Å². The van der Waals surface area contributed by atoms with Crippen molar-refractivity contribution in [3.63, 3.8) is 0 Å². The van der Waals surface area contributed by atoms with Gasteiger partial charge in [0, 0.05) is 17.0 Å². The van der Waals surface area contributed by atoms with Crippen molar-refractivity contribution in [2.75, 3.05) is 14.2 Å². The number of aliphatic imine (C=N–C) groups is 1. The fourth-order valence-corrected chi connectivity index (χ4v) is 2.90. The van der Waals surface area contributed by atoms with Crippen LogP contribution in [0.5, 0.6) is 11.5 Å². The third-order valence-corrected chi connectivity index (χ3v) is 4.25. The quantitative estimate of drug-likeness (QED) is 0.785. The molecule has 0 spiro atoms. The Bertz CT molecular complexity index is 890. The number of methoxy groups -OCH3 is 2. The summed E-state index contributed by atoms with van der Waals surface area (Å²) in [7, 11) is 3.17. The number of hydrogen-bond acceptors (Lipinski definition) is 4. The van der Waals surface area contributed by atoms with Crippen molar-refractivity contribution in [2.24, 2.45) is 4.99 Å². The largest absolute Gasteiger partial charge is 0.497 e. The van der Waals surface area contributed by atoms with Gasteiger partial charge in [-0.15, -0.1) is 0 Å². The summed E-state index contributed by atoms with van der Waals surface area (Å²) in [5, 5.41) is 3.51. The highest BCUT2D eigenvalue weighted by Gasteiger charge is 2.20. The minimum atomic E-state index is -0.226. The Hall–Kier alpha value is -2.79. The van der Waals surface area contributed by atoms with Gasteiger partial charge in [-0.3, -0.25) is 4.79 Å². The van der Waals surface area contributed by atoms with E-state index in [4.69, 9.17) is 21.1 Å². The molecule has 0 bridgehead atoms. The number of nitrogens with zero attached hydrogens (tertiary/aromatic N) is 1. The van der Waals surface area contributed by atoms with Gasteiger partial charge in [0.25, 0.3) is 5.91 Å². The summed E-state index contributed by atoms with van der Waals surface area (Å²) in [4.78, 5) is 16.6. The maximum atomic E-state index is 12.2. The lowest BCUT2D eigenvalue weighted by Crippen LogP contribution is -2.24. The number of amides is 1. The number of ether oxygens (including phenoxy) is 2. The second-order valence-corrected chi connectivity index (χ2v) is 6.22. The maximum Gasteiger partial charge on any atom is 0.275 e. The molecule has 2 aromatic carbocycles. The Morgan fingerprint density at radius 3 is 2.69 bits per heavy atom. The molecule has 5 nitrogen and oxygen atoms in total. The van der Waals surface area contributed by atoms with Crippen molar-refractivity contribution < 1.29 is 14.3 Å². The summed E-state index contributed by atoms with van der Waals surface area (Å²) >= 11 is 6.00. The topological polar surface area (TPSA) is 59.9 Å². The van der Waals surface area contributed by atoms with Crippen molar-refractivity contribution >= 4 is 29.4 Å². The third-order valence-electron chi connectivity index (χ3n) is 4.01. The summed E-state index contributed by atoms with van der Waals surface area (Å²) in [6.07, 6.45) is 3.07. The number of hydrogen-bond donors (Lipinski definition) is 1. The predicted molar refractivity (Wildman–Crippen MR) is 103 cm³/mol. The van der Waals surface area contributed by atoms with E-state index >= 15 is 0 Å². The Morgan fingerprint density at radius 2 is 1.96 bits per heavy atom. The van der Waals surface area contributed by atoms with Crippen LogP contribution in [0, 0.1) is 0 Å². The molecule has 26 heavy (non-hydrogen) atoms. The Balaban J connectivity index is 1.78. The van der Waals surface area contributed by atoms with Gasteiger partial charge in [-0.25, -0.2) is 4.99 Å². The highest BCUT2D eigenvalue weighted by molar-refractivity contribution is 6.30. The Morgan fingerprint density at radius 1 is 1.12 bits per heavy atom. The highest BCUT2D eigenvalue weighted by atomic mass is 35.5. The summed E-state index contributed by atoms with van der Waals surface area (Å²) in [6.45, 7) is 0. The number of rotatable bonds is 6. The fourth-order valence-electron chi connectivity index (χ4n) is 2.69. The van der Waals surface area contributed by atoms with Crippen molar-refractivity contribution in [1.82, 2.24) is 5.32 Å². The molecule has 1 N–H and O–H groups in total. The van der Waals surface area contributed by atoms with Crippen LogP contribution in [0.25, 0.3) is 6.08 Å². The van der Waals surface area contributed by atoms with Crippen molar-refractivity contribution in [1.29, 1.82) is 0 Å². The smallest absolute Gasteiger partial charge is 0.275 e. The lowest BCUT2D eigenvalue weighted by molar-refractivity contribution is -0.115. The number of aryl methyl sites for hydroxylation is 1. The number of carbonyl (C=O) groups is 1. The second-order valence-electron chi connectivity index (χ2n) is 5.78. The molecule has 2 aromatic rings. The zero-order valence-corrected chi connectivity index (χ0v) is 15.3. The van der Waals surface area contributed by atoms with Crippen LogP contribution in [0.1, 0.15) is 17.5 Å². The Labute approximate surface area is 157 Å². The summed E-state index contributed by atoms with van der Waals surface area (Å²) in [6, 6.07) is 13.1. The van der Waals surface area contributed by atoms with Crippen LogP contribution in [0.3, 0.4) is 0 Å². The molecule has 0 unspecified atom stereocenters. The first kappa shape index (κ1) is 18.0. The van der Waals surface area contributed by atoms with Crippen molar-refractivity contribution in [3.05, 3.63) is 64.3 Å². The summed E-state index contributed by atoms with van der Waals surface area (Å²) in [5.74, 6) is 1.74. The molecule has 0 aliphatic carbocycles. The maximum absolute atomic E-state index is 12.2. The molecule has 1 heterocycles. The first-order valence-electron chi connectivity index (χ1n) is 8.16. The average molecular weight is 371 g/mol. The molecule has 1 amide bonds. The first-order chi connectivity index (χ1) is 12.6. The summed E-state index contributed by atoms with van der Waals surface area (Å²) < 4.78 is 10.6. The lowest BCUT2D eigenvalue weighted by atomic mass is 10.1. The number of halogens is 1. The molecule has 6 heteroatoms. The number of nitrogens with one attached hydrogen (secondary N) is 1. The van der Waals surface area contributed by atoms with Gasteiger partial charge in [0.05, 0.1) is 14.2 Å². The number of amidine groups is 1. The molecule has 0 radical (unpaired) electrons. The molecule has 0 aromatic heterocycles. The van der Waals surface area contributed by atoms with Gasteiger partial charge in [-0.1, -0.05) is 23.7 Å². The van der Waals surface area contributed by atoms with Crippen LogP contribution in [0.2, 0.25) is 5.02 Å². The first-order valence-corrected chi connectivity index (χ1v) is 8.54. The van der Waals surface area contributed by atoms with Gasteiger partial charge < -0.3 is 14.8 Å². The number of benzene rings is 2. The van der Waals surface area contributed by atoms with E-state index in [0.717, 1.165) is 17.5 Å². The molecule has 0 fully saturated rings. The number of carbonyl (C=O) groups excluding carboxylic acids is 1. The van der Waals surface area contributed by atoms with Gasteiger partial charge in [0.15, 0.2) is 0 Å². The van der Waals surface area contributed by atoms with Gasteiger partial charge in [0.2, 0.25) is 0 Å². The fraction of sp³-hybridized carbons (Fsp3) is 0.200. The molecular formula is C20H19ClN2O3. The van der Waals surface area contributed by atoms with E-state index in [1.54, 1.807) is 38.5 Å². The van der Waals surface area contributed by atoms with E-state index in [2.05, 4.69) is 10.3 Å². The van der Waals surface area contributed by atoms with E-state index in [0.29, 0.717) is 34.5 Å². The molecule has 0 saturated heterocycles. The second kappa shape index (κ2) is 8.06. The lowest BCUT2D eigenvalue weighted by Gasteiger charge is -2.07. The van der Waals surface area contributed by atoms with Crippen LogP contribution in [0.4, 0.5) is 0 Å². The molecule has 134 valence electrons. The van der Waals surface area contributed by atoms with Gasteiger partial charge in [-0.05, 0) is 48.4 Å². The molecule has 1 aliphatic heterocycles. The van der Waals surface area contributed by atoms with E-state index in [9.17, 15) is 4.79 Å². The molecule has 1 aliphatic rings. The van der Waals surface area contributed by atoms with Crippen LogP contribution >= 0.6 is 11.6 Å². The highest BCUT2D eigenvalue weighted by Crippen LogP contribution is 2.27. The predicted octanol–water partition coefficient (Wildman–Crippen LogP) is 3.86. The minimum absolute atomic E-state index is 0.226. The standard InChI is InChI=1S/C20H19ClN2O3/c1-25-16-7-8-18(26-2)14(11-16)12-17-20(24)23-19(22-17)9-6-13-4-3-5-15(21)10-13/h3-5,7-8,10-12H,6,9H2,1-2H3,(H,22,23,24)/b17-12-. The normalized spacial score (nSPS) is 15.0. The molecule has 0 saturated carbocycles. The van der Waals surface area contributed by atoms with E-state index < -0.39 is 0 Å². The van der Waals surface area contributed by atoms with E-state index in [1.165, 1.54) is 0 Å². The Kier molecular flexibility index (Phi) is 5.58.